The molecule has 0 fully saturated rings. The summed E-state index contributed by atoms with van der Waals surface area (Å²) in [6.45, 7) is 1.94. The first kappa shape index (κ1) is 14.1. The number of benzene rings is 1. The van der Waals surface area contributed by atoms with Crippen LogP contribution in [-0.2, 0) is 6.54 Å². The van der Waals surface area contributed by atoms with Gasteiger partial charge < -0.3 is 14.3 Å². The van der Waals surface area contributed by atoms with Gasteiger partial charge in [-0.15, -0.1) is 0 Å². The second kappa shape index (κ2) is 5.85. The van der Waals surface area contributed by atoms with E-state index in [0.717, 1.165) is 5.56 Å². The van der Waals surface area contributed by atoms with Gasteiger partial charge in [0.1, 0.15) is 17.1 Å². The Morgan fingerprint density at radius 2 is 2.05 bits per heavy atom. The fourth-order valence-corrected chi connectivity index (χ4v) is 2.09. The van der Waals surface area contributed by atoms with Gasteiger partial charge in [-0.1, -0.05) is 17.3 Å². The zero-order chi connectivity index (χ0) is 15.5. The summed E-state index contributed by atoms with van der Waals surface area (Å²) >= 11 is 0. The molecule has 0 aliphatic rings. The molecule has 0 bridgehead atoms. The van der Waals surface area contributed by atoms with E-state index < -0.39 is 0 Å². The highest BCUT2D eigenvalue weighted by Gasteiger charge is 2.22. The maximum Gasteiger partial charge on any atom is 0.257 e. The van der Waals surface area contributed by atoms with Crippen LogP contribution < -0.4 is 5.32 Å². The molecular weight excluding hydrogens is 287 g/mol. The average molecular weight is 300 g/mol. The molecule has 112 valence electrons. The molecule has 0 saturated carbocycles. The molecule has 1 amide bonds. The molecule has 0 saturated heterocycles. The van der Waals surface area contributed by atoms with Crippen LogP contribution in [0.25, 0.3) is 11.5 Å². The summed E-state index contributed by atoms with van der Waals surface area (Å²) < 4.78 is 23.2. The van der Waals surface area contributed by atoms with Gasteiger partial charge in [0.05, 0.1) is 6.26 Å². The van der Waals surface area contributed by atoms with Crippen LogP contribution in [0.4, 0.5) is 4.39 Å². The molecule has 2 heterocycles. The summed E-state index contributed by atoms with van der Waals surface area (Å²) in [4.78, 5) is 12.4. The number of amides is 1. The number of hydrogen-bond acceptors (Lipinski definition) is 4. The molecule has 1 N–H and O–H groups in total. The monoisotopic (exact) mass is 300 g/mol. The molecule has 0 radical (unpaired) electrons. The van der Waals surface area contributed by atoms with E-state index in [9.17, 15) is 9.18 Å². The van der Waals surface area contributed by atoms with Crippen molar-refractivity contribution in [1.82, 2.24) is 10.5 Å². The quantitative estimate of drug-likeness (QED) is 0.802. The Kier molecular flexibility index (Phi) is 3.74. The van der Waals surface area contributed by atoms with Crippen molar-refractivity contribution in [2.75, 3.05) is 0 Å². The van der Waals surface area contributed by atoms with E-state index in [2.05, 4.69) is 10.5 Å². The normalized spacial score (nSPS) is 10.6. The summed E-state index contributed by atoms with van der Waals surface area (Å²) in [5.74, 6) is 0.228. The number of nitrogens with one attached hydrogen (secondary N) is 1. The maximum atomic E-state index is 12.9. The van der Waals surface area contributed by atoms with Crippen molar-refractivity contribution in [2.24, 2.45) is 0 Å². The zero-order valence-electron chi connectivity index (χ0n) is 11.8. The molecule has 0 spiro atoms. The smallest absolute Gasteiger partial charge is 0.257 e. The van der Waals surface area contributed by atoms with Gasteiger partial charge in [0.15, 0.2) is 11.5 Å². The number of furan rings is 1. The fourth-order valence-electron chi connectivity index (χ4n) is 2.09. The molecule has 6 heteroatoms. The lowest BCUT2D eigenvalue weighted by atomic mass is 10.1. The minimum absolute atomic E-state index is 0.279. The topological polar surface area (TPSA) is 68.3 Å². The third kappa shape index (κ3) is 2.76. The molecule has 5 nitrogen and oxygen atoms in total. The van der Waals surface area contributed by atoms with Crippen LogP contribution in [0.5, 0.6) is 0 Å². The number of nitrogens with zero attached hydrogens (tertiary/aromatic N) is 1. The highest BCUT2D eigenvalue weighted by molar-refractivity contribution is 6.00. The molecule has 0 aliphatic carbocycles. The zero-order valence-corrected chi connectivity index (χ0v) is 11.8. The third-order valence-electron chi connectivity index (χ3n) is 3.21. The third-order valence-corrected chi connectivity index (χ3v) is 3.21. The number of aromatic nitrogens is 1. The van der Waals surface area contributed by atoms with E-state index in [-0.39, 0.29) is 18.3 Å². The second-order valence-corrected chi connectivity index (χ2v) is 4.75. The SMILES string of the molecule is Cc1onc(-c2ccco2)c1C(=O)NCc1ccc(F)cc1. The molecule has 2 aromatic heterocycles. The number of rotatable bonds is 4. The summed E-state index contributed by atoms with van der Waals surface area (Å²) in [6, 6.07) is 9.33. The van der Waals surface area contributed by atoms with E-state index in [1.807, 2.05) is 0 Å². The van der Waals surface area contributed by atoms with Crippen molar-refractivity contribution < 1.29 is 18.1 Å². The maximum absolute atomic E-state index is 12.9. The highest BCUT2D eigenvalue weighted by atomic mass is 19.1. The number of aryl methyl sites for hydroxylation is 1. The molecule has 0 atom stereocenters. The van der Waals surface area contributed by atoms with Crippen molar-refractivity contribution in [2.45, 2.75) is 13.5 Å². The highest BCUT2D eigenvalue weighted by Crippen LogP contribution is 2.25. The molecule has 0 unspecified atom stereocenters. The van der Waals surface area contributed by atoms with Gasteiger partial charge in [-0.25, -0.2) is 4.39 Å². The van der Waals surface area contributed by atoms with Gasteiger partial charge in [0, 0.05) is 6.54 Å². The minimum Gasteiger partial charge on any atom is -0.463 e. The van der Waals surface area contributed by atoms with Crippen LogP contribution in [0.2, 0.25) is 0 Å². The van der Waals surface area contributed by atoms with Crippen molar-refractivity contribution in [1.29, 1.82) is 0 Å². The molecule has 22 heavy (non-hydrogen) atoms. The van der Waals surface area contributed by atoms with E-state index in [4.69, 9.17) is 8.94 Å². The first-order valence-corrected chi connectivity index (χ1v) is 6.68. The van der Waals surface area contributed by atoms with Gasteiger partial charge in [-0.05, 0) is 36.8 Å². The van der Waals surface area contributed by atoms with Crippen molar-refractivity contribution in [3.8, 4) is 11.5 Å². The van der Waals surface area contributed by atoms with E-state index in [0.29, 0.717) is 22.8 Å². The van der Waals surface area contributed by atoms with Crippen LogP contribution in [0, 0.1) is 12.7 Å². The van der Waals surface area contributed by atoms with E-state index in [1.165, 1.54) is 18.4 Å². The molecule has 3 rings (SSSR count). The summed E-state index contributed by atoms with van der Waals surface area (Å²) in [5.41, 5.74) is 1.49. The first-order chi connectivity index (χ1) is 10.6. The van der Waals surface area contributed by atoms with Gasteiger partial charge in [-0.2, -0.15) is 0 Å². The van der Waals surface area contributed by atoms with Crippen LogP contribution in [0.15, 0.2) is 51.6 Å². The van der Waals surface area contributed by atoms with E-state index in [1.54, 1.807) is 31.2 Å². The number of carbonyl (C=O) groups excluding carboxylic acids is 1. The van der Waals surface area contributed by atoms with Crippen LogP contribution in [0.3, 0.4) is 0 Å². The largest absolute Gasteiger partial charge is 0.463 e. The Labute approximate surface area is 125 Å². The van der Waals surface area contributed by atoms with Crippen LogP contribution >= 0.6 is 0 Å². The average Bonchev–Trinajstić information content (AvgIpc) is 3.15. The Balaban J connectivity index is 1.78. The van der Waals surface area contributed by atoms with Gasteiger partial charge in [0.2, 0.25) is 0 Å². The summed E-state index contributed by atoms with van der Waals surface area (Å²) in [7, 11) is 0. The Morgan fingerprint density at radius 3 is 2.73 bits per heavy atom. The molecule has 1 aromatic carbocycles. The number of halogens is 1. The molecule has 3 aromatic rings. The first-order valence-electron chi connectivity index (χ1n) is 6.68. The van der Waals surface area contributed by atoms with Gasteiger partial charge in [0.25, 0.3) is 5.91 Å². The Hall–Kier alpha value is -2.89. The Morgan fingerprint density at radius 1 is 1.27 bits per heavy atom. The summed E-state index contributed by atoms with van der Waals surface area (Å²) in [6.07, 6.45) is 1.50. The van der Waals surface area contributed by atoms with Crippen LogP contribution in [-0.4, -0.2) is 11.1 Å². The second-order valence-electron chi connectivity index (χ2n) is 4.75. The predicted molar refractivity (Wildman–Crippen MR) is 76.5 cm³/mol. The van der Waals surface area contributed by atoms with Crippen LogP contribution in [0.1, 0.15) is 21.7 Å². The molecule has 0 aliphatic heterocycles. The van der Waals surface area contributed by atoms with Crippen molar-refractivity contribution in [3.05, 3.63) is 65.4 Å². The lowest BCUT2D eigenvalue weighted by Crippen LogP contribution is -2.23. The fraction of sp³-hybridized carbons (Fsp3) is 0.125. The number of hydrogen-bond donors (Lipinski definition) is 1. The minimum atomic E-state index is -0.325. The van der Waals surface area contributed by atoms with Crippen molar-refractivity contribution in [3.63, 3.8) is 0 Å². The lowest BCUT2D eigenvalue weighted by molar-refractivity contribution is 0.0950. The number of carbonyl (C=O) groups is 1. The van der Waals surface area contributed by atoms with E-state index >= 15 is 0 Å². The summed E-state index contributed by atoms with van der Waals surface area (Å²) in [5, 5.41) is 6.63. The Bertz CT molecular complexity index is 776. The van der Waals surface area contributed by atoms with Gasteiger partial charge >= 0.3 is 0 Å². The lowest BCUT2D eigenvalue weighted by Gasteiger charge is -2.05. The predicted octanol–water partition coefficient (Wildman–Crippen LogP) is 3.31. The standard InChI is InChI=1S/C16H13FN2O3/c1-10-14(15(19-22-10)13-3-2-8-21-13)16(20)18-9-11-4-6-12(17)7-5-11/h2-8H,9H2,1H3,(H,18,20). The van der Waals surface area contributed by atoms with Crippen molar-refractivity contribution >= 4 is 5.91 Å². The van der Waals surface area contributed by atoms with Gasteiger partial charge in [-0.3, -0.25) is 4.79 Å². The molecular formula is C16H13FN2O3.